The average Bonchev–Trinajstić information content (AvgIpc) is 0.793. The molecule has 560 valence electrons. The van der Waals surface area contributed by atoms with Crippen molar-refractivity contribution in [3.63, 3.8) is 0 Å². The zero-order chi connectivity index (χ0) is 93.1. The van der Waals surface area contributed by atoms with Gasteiger partial charge in [0, 0.05) is 64.5 Å². The summed E-state index contributed by atoms with van der Waals surface area (Å²) in [5.41, 5.74) is 6.86. The van der Waals surface area contributed by atoms with E-state index in [0.29, 0.717) is 61.0 Å². The number of para-hydroxylation sites is 1. The molecule has 0 unspecified atom stereocenters. The third-order valence-electron chi connectivity index (χ3n) is 23.2. The SMILES string of the molecule is [2H]c1c([2H])c(N(c2c([2H])c([2H])c(-c3cccc4c3sc3ccccc34)c([2H])c2[2H])c2cc3ccccc3c3ccccc23)c([2H])c([2H])c1-c1c(-c2ccccc2)c2ccccc2c2ccccc12.[2H]c1c([2H])c(N(c2c([2H])c([2H])c(-c3cccc4oc5ccccc5c34)c([2H])c2[2H])c2cc3ccccc3c3ccccc23)c([2H])c([2H])c1-c1c(-c2ccccc2)c2ccccc2c2ccccc12. The number of nitrogens with zero attached hydrogens (tertiary/aromatic N) is 2. The van der Waals surface area contributed by atoms with Crippen LogP contribution in [0.15, 0.2) is 453 Å². The summed E-state index contributed by atoms with van der Waals surface area (Å²) >= 11 is 1.54. The Morgan fingerprint density at radius 3 is 0.950 bits per heavy atom. The van der Waals surface area contributed by atoms with Gasteiger partial charge < -0.3 is 14.2 Å². The molecular weight excluding hydrogens is 1470 g/mol. The highest BCUT2D eigenvalue weighted by Crippen LogP contribution is 2.52. The number of fused-ring (bicyclic) bond motifs is 18. The van der Waals surface area contributed by atoms with Crippen LogP contribution in [0.4, 0.5) is 34.1 Å². The quantitative estimate of drug-likeness (QED) is 0.114. The van der Waals surface area contributed by atoms with Gasteiger partial charge in [0.05, 0.1) is 33.3 Å². The number of rotatable bonds is 12. The predicted molar refractivity (Wildman–Crippen MR) is 515 cm³/mol. The monoisotopic (exact) mass is 1560 g/mol. The molecule has 0 fully saturated rings. The van der Waals surface area contributed by atoms with E-state index in [1.807, 2.05) is 328 Å². The van der Waals surface area contributed by atoms with E-state index in [2.05, 4.69) is 12.1 Å². The largest absolute Gasteiger partial charge is 0.456 e. The summed E-state index contributed by atoms with van der Waals surface area (Å²) < 4.78 is 167. The molecule has 0 aliphatic carbocycles. The van der Waals surface area contributed by atoms with Crippen LogP contribution in [0.1, 0.15) is 21.9 Å². The smallest absolute Gasteiger partial charge is 0.136 e. The lowest BCUT2D eigenvalue weighted by atomic mass is 9.85. The molecule has 2 aromatic heterocycles. The summed E-state index contributed by atoms with van der Waals surface area (Å²) in [5.74, 6) is 0. The van der Waals surface area contributed by atoms with E-state index in [0.717, 1.165) is 123 Å². The van der Waals surface area contributed by atoms with E-state index in [-0.39, 0.29) is 105 Å². The minimum absolute atomic E-state index is 0.0655. The van der Waals surface area contributed by atoms with Gasteiger partial charge in [0.25, 0.3) is 0 Å². The lowest BCUT2D eigenvalue weighted by Gasteiger charge is -2.28. The lowest BCUT2D eigenvalue weighted by molar-refractivity contribution is 0.669. The van der Waals surface area contributed by atoms with Crippen molar-refractivity contribution in [2.24, 2.45) is 0 Å². The van der Waals surface area contributed by atoms with E-state index in [1.54, 1.807) is 12.1 Å². The van der Waals surface area contributed by atoms with Crippen LogP contribution < -0.4 is 9.80 Å². The van der Waals surface area contributed by atoms with Crippen molar-refractivity contribution in [1.29, 1.82) is 0 Å². The maximum Gasteiger partial charge on any atom is 0.136 e. The van der Waals surface area contributed by atoms with Gasteiger partial charge >= 0.3 is 0 Å². The molecule has 0 bridgehead atoms. The number of hydrogen-bond acceptors (Lipinski definition) is 4. The Hall–Kier alpha value is -15.5. The highest BCUT2D eigenvalue weighted by Gasteiger charge is 2.25. The summed E-state index contributed by atoms with van der Waals surface area (Å²) in [6.07, 6.45) is 0. The second-order valence-electron chi connectivity index (χ2n) is 29.9. The van der Waals surface area contributed by atoms with Gasteiger partial charge in [-0.3, -0.25) is 0 Å². The molecule has 3 nitrogen and oxygen atoms in total. The van der Waals surface area contributed by atoms with E-state index < -0.39 is 36.3 Å². The highest BCUT2D eigenvalue weighted by atomic mass is 32.1. The second kappa shape index (κ2) is 29.4. The maximum absolute atomic E-state index is 10.1. The predicted octanol–water partition coefficient (Wildman–Crippen LogP) is 33.8. The van der Waals surface area contributed by atoms with Gasteiger partial charge in [0.1, 0.15) is 11.2 Å². The number of benzene rings is 22. The Bertz CT molecular complexity index is 9120. The molecule has 0 saturated heterocycles. The van der Waals surface area contributed by atoms with E-state index >= 15 is 0 Å². The third-order valence-corrected chi connectivity index (χ3v) is 24.4. The molecule has 0 aliphatic rings. The lowest BCUT2D eigenvalue weighted by Crippen LogP contribution is -2.10. The zero-order valence-corrected chi connectivity index (χ0v) is 65.0. The average molecular weight is 1560 g/mol. The maximum atomic E-state index is 10.1. The molecule has 24 aromatic rings. The fourth-order valence-corrected chi connectivity index (χ4v) is 19.1. The Morgan fingerprint density at radius 2 is 0.508 bits per heavy atom. The van der Waals surface area contributed by atoms with Crippen molar-refractivity contribution in [2.75, 3.05) is 9.80 Å². The Balaban J connectivity index is 0.000000153. The molecule has 0 radical (unpaired) electrons. The van der Waals surface area contributed by atoms with Gasteiger partial charge in [0.15, 0.2) is 0 Å². The molecule has 0 spiro atoms. The molecule has 120 heavy (non-hydrogen) atoms. The first-order valence-electron chi connectivity index (χ1n) is 47.9. The molecule has 4 heteroatoms. The van der Waals surface area contributed by atoms with Gasteiger partial charge in [-0.1, -0.05) is 370 Å². The van der Waals surface area contributed by atoms with Crippen LogP contribution in [0.2, 0.25) is 0 Å². The number of thiophene rings is 1. The fraction of sp³-hybridized carbons (Fsp3) is 0. The van der Waals surface area contributed by atoms with Crippen LogP contribution in [0.3, 0.4) is 0 Å². The second-order valence-corrected chi connectivity index (χ2v) is 30.9. The molecule has 22 aromatic carbocycles. The van der Waals surface area contributed by atoms with E-state index in [1.165, 1.54) is 21.1 Å². The first-order chi connectivity index (χ1) is 66.3. The third kappa shape index (κ3) is 11.9. The van der Waals surface area contributed by atoms with Crippen LogP contribution >= 0.6 is 11.3 Å². The Labute approximate surface area is 721 Å². The van der Waals surface area contributed by atoms with Crippen molar-refractivity contribution >= 4 is 174 Å². The first kappa shape index (κ1) is 55.2. The van der Waals surface area contributed by atoms with Crippen LogP contribution in [-0.2, 0) is 0 Å². The fourth-order valence-electron chi connectivity index (χ4n) is 17.9. The molecule has 0 saturated carbocycles. The summed E-state index contributed by atoms with van der Waals surface area (Å²) in [6.45, 7) is 0. The van der Waals surface area contributed by atoms with Gasteiger partial charge in [-0.25, -0.2) is 0 Å². The molecule has 0 aliphatic heterocycles. The molecule has 0 amide bonds. The molecule has 2 heterocycles. The molecule has 24 rings (SSSR count). The van der Waals surface area contributed by atoms with Crippen molar-refractivity contribution in [3.05, 3.63) is 449 Å². The van der Waals surface area contributed by atoms with Crippen molar-refractivity contribution in [3.8, 4) is 66.8 Å². The van der Waals surface area contributed by atoms with Crippen molar-refractivity contribution in [1.82, 2.24) is 0 Å². The van der Waals surface area contributed by atoms with Crippen molar-refractivity contribution < 1.29 is 26.3 Å². The topological polar surface area (TPSA) is 19.6 Å². The minimum Gasteiger partial charge on any atom is -0.456 e. The highest BCUT2D eigenvalue weighted by molar-refractivity contribution is 7.26. The summed E-state index contributed by atoms with van der Waals surface area (Å²) in [6, 6.07) is 107. The van der Waals surface area contributed by atoms with E-state index in [4.69, 9.17) is 4.42 Å². The first-order valence-corrected chi connectivity index (χ1v) is 40.7. The Morgan fingerprint density at radius 1 is 0.208 bits per heavy atom. The van der Waals surface area contributed by atoms with Gasteiger partial charge in [-0.2, -0.15) is 0 Å². The van der Waals surface area contributed by atoms with Crippen LogP contribution in [0.25, 0.3) is 195 Å². The molecular formula is C116H74N2OS. The summed E-state index contributed by atoms with van der Waals surface area (Å²) in [5, 5.41) is 16.9. The summed E-state index contributed by atoms with van der Waals surface area (Å²) in [7, 11) is 0. The molecule has 0 N–H and O–H groups in total. The van der Waals surface area contributed by atoms with Gasteiger partial charge in [-0.05, 0) is 221 Å². The van der Waals surface area contributed by atoms with Crippen LogP contribution in [0.5, 0.6) is 0 Å². The standard InChI is InChI=1S/C58H37NO.C58H37NS/c1-2-15-39(16-3-1)56-50-23-10-7-20-47(50)48-21-8-11-24-51(48)57(56)40-31-35-43(36-32-40)59(53-37-41-17-4-5-18-44(41)46-19-6-9-22-49(46)53)42-33-29-38(30-34-42)45-26-14-28-55-58(45)52-25-12-13-27-54(52)60-55;1-2-15-39(16-3-1)56-51-24-10-7-20-47(51)48-21-8-11-25-52(48)57(56)40-31-35-43(36-32-40)59(54-37-41-17-4-5-18-44(41)46-19-6-9-22-49(46)54)42-33-29-38(30-34-42)45-26-14-27-53-50-23-12-13-28-55(50)60-58(45)53/h2*1-37H/i2*29D,30D,31D,32D,33D,34D,35D,36D. The Kier molecular flexibility index (Phi) is 13.5. The number of furan rings is 1. The number of anilines is 6. The van der Waals surface area contributed by atoms with Crippen molar-refractivity contribution in [2.45, 2.75) is 0 Å². The summed E-state index contributed by atoms with van der Waals surface area (Å²) in [4.78, 5) is 2.87. The zero-order valence-electron chi connectivity index (χ0n) is 80.2. The normalized spacial score (nSPS) is 13.5. The minimum atomic E-state index is -0.420. The number of hydrogen-bond donors (Lipinski definition) is 0. The van der Waals surface area contributed by atoms with Crippen LogP contribution in [0, 0.1) is 0 Å². The van der Waals surface area contributed by atoms with Gasteiger partial charge in [-0.15, -0.1) is 11.3 Å². The van der Waals surface area contributed by atoms with E-state index in [9.17, 15) is 21.9 Å². The van der Waals surface area contributed by atoms with Crippen LogP contribution in [-0.4, -0.2) is 0 Å². The van der Waals surface area contributed by atoms with Gasteiger partial charge in [0.2, 0.25) is 0 Å². The molecule has 0 atom stereocenters.